The Hall–Kier alpha value is -1.95. The number of hydrogen-bond acceptors (Lipinski definition) is 5. The number of fused-ring (bicyclic) bond motifs is 1. The van der Waals surface area contributed by atoms with Gasteiger partial charge in [-0.2, -0.15) is 5.10 Å². The maximum absolute atomic E-state index is 11.7. The fraction of sp³-hybridized carbons (Fsp3) is 0.500. The first-order valence-corrected chi connectivity index (χ1v) is 6.78. The van der Waals surface area contributed by atoms with Crippen molar-refractivity contribution in [2.75, 3.05) is 20.3 Å². The van der Waals surface area contributed by atoms with Crippen molar-refractivity contribution in [1.29, 1.82) is 0 Å². The van der Waals surface area contributed by atoms with Crippen molar-refractivity contribution in [1.82, 2.24) is 14.6 Å². The molecule has 0 amide bonds. The monoisotopic (exact) mass is 275 g/mol. The van der Waals surface area contributed by atoms with E-state index in [1.807, 2.05) is 0 Å². The van der Waals surface area contributed by atoms with Crippen LogP contribution >= 0.6 is 0 Å². The van der Waals surface area contributed by atoms with Crippen molar-refractivity contribution < 1.29 is 14.3 Å². The van der Waals surface area contributed by atoms with Gasteiger partial charge in [-0.15, -0.1) is 0 Å². The number of rotatable bonds is 3. The van der Waals surface area contributed by atoms with E-state index in [0.717, 1.165) is 38.3 Å². The van der Waals surface area contributed by atoms with Gasteiger partial charge < -0.3 is 9.47 Å². The Balaban J connectivity index is 1.88. The zero-order chi connectivity index (χ0) is 13.9. The van der Waals surface area contributed by atoms with Gasteiger partial charge in [-0.3, -0.25) is 0 Å². The summed E-state index contributed by atoms with van der Waals surface area (Å²) in [7, 11) is 1.36. The molecule has 0 radical (unpaired) electrons. The molecular formula is C14H17N3O3. The average molecular weight is 275 g/mol. The molecule has 1 aliphatic rings. The highest BCUT2D eigenvalue weighted by atomic mass is 16.5. The number of pyridine rings is 1. The fourth-order valence-electron chi connectivity index (χ4n) is 2.53. The van der Waals surface area contributed by atoms with Gasteiger partial charge in [0.05, 0.1) is 7.11 Å². The lowest BCUT2D eigenvalue weighted by atomic mass is 9.98. The average Bonchev–Trinajstić information content (AvgIpc) is 2.89. The second-order valence-corrected chi connectivity index (χ2v) is 5.00. The highest BCUT2D eigenvalue weighted by Crippen LogP contribution is 2.18. The minimum atomic E-state index is -0.393. The van der Waals surface area contributed by atoms with E-state index in [2.05, 4.69) is 10.1 Å². The van der Waals surface area contributed by atoms with Crippen LogP contribution in [-0.4, -0.2) is 40.9 Å². The van der Waals surface area contributed by atoms with E-state index in [-0.39, 0.29) is 0 Å². The molecule has 0 aromatic carbocycles. The number of methoxy groups -OCH3 is 1. The quantitative estimate of drug-likeness (QED) is 0.794. The molecule has 3 heterocycles. The normalized spacial score (nSPS) is 19.1. The fourth-order valence-corrected chi connectivity index (χ4v) is 2.53. The zero-order valence-corrected chi connectivity index (χ0v) is 11.4. The Bertz CT molecular complexity index is 617. The third-order valence-corrected chi connectivity index (χ3v) is 3.54. The highest BCUT2D eigenvalue weighted by molar-refractivity contribution is 5.95. The second-order valence-electron chi connectivity index (χ2n) is 5.00. The molecule has 0 spiro atoms. The molecule has 3 rings (SSSR count). The van der Waals surface area contributed by atoms with Gasteiger partial charge in [-0.05, 0) is 30.9 Å². The van der Waals surface area contributed by atoms with Gasteiger partial charge >= 0.3 is 5.97 Å². The molecule has 0 aliphatic carbocycles. The maximum atomic E-state index is 11.7. The molecular weight excluding hydrogens is 258 g/mol. The maximum Gasteiger partial charge on any atom is 0.341 e. The van der Waals surface area contributed by atoms with Crippen LogP contribution in [0.2, 0.25) is 0 Å². The standard InChI is InChI=1S/C14H17N3O3/c1-19-14(18)11-5-2-6-17-13(11)15-12(16-17)8-10-4-3-7-20-9-10/h2,5-6,10H,3-4,7-9H2,1H3. The van der Waals surface area contributed by atoms with E-state index in [1.54, 1.807) is 22.8 Å². The Morgan fingerprint density at radius 3 is 3.25 bits per heavy atom. The zero-order valence-electron chi connectivity index (χ0n) is 11.4. The molecule has 1 unspecified atom stereocenters. The van der Waals surface area contributed by atoms with Crippen LogP contribution in [0.1, 0.15) is 29.0 Å². The molecule has 0 saturated carbocycles. The third-order valence-electron chi connectivity index (χ3n) is 3.54. The molecule has 0 N–H and O–H groups in total. The van der Waals surface area contributed by atoms with Crippen LogP contribution in [0.3, 0.4) is 0 Å². The van der Waals surface area contributed by atoms with Crippen LogP contribution in [0.4, 0.5) is 0 Å². The summed E-state index contributed by atoms with van der Waals surface area (Å²) in [5.74, 6) is 0.815. The molecule has 20 heavy (non-hydrogen) atoms. The predicted molar refractivity (Wildman–Crippen MR) is 71.6 cm³/mol. The molecule has 6 heteroatoms. The summed E-state index contributed by atoms with van der Waals surface area (Å²) in [5, 5.41) is 4.43. The molecule has 2 aromatic rings. The van der Waals surface area contributed by atoms with Crippen LogP contribution in [0.25, 0.3) is 5.65 Å². The number of carbonyl (C=O) groups is 1. The summed E-state index contributed by atoms with van der Waals surface area (Å²) in [4.78, 5) is 16.2. The summed E-state index contributed by atoms with van der Waals surface area (Å²) in [6.45, 7) is 1.61. The summed E-state index contributed by atoms with van der Waals surface area (Å²) < 4.78 is 11.9. The van der Waals surface area contributed by atoms with E-state index in [4.69, 9.17) is 9.47 Å². The lowest BCUT2D eigenvalue weighted by Crippen LogP contribution is -2.19. The highest BCUT2D eigenvalue weighted by Gasteiger charge is 2.19. The summed E-state index contributed by atoms with van der Waals surface area (Å²) in [6.07, 6.45) is 4.79. The Morgan fingerprint density at radius 1 is 1.60 bits per heavy atom. The number of esters is 1. The molecule has 0 bridgehead atoms. The van der Waals surface area contributed by atoms with E-state index >= 15 is 0 Å². The van der Waals surface area contributed by atoms with E-state index in [9.17, 15) is 4.79 Å². The Labute approximate surface area is 116 Å². The van der Waals surface area contributed by atoms with Crippen LogP contribution < -0.4 is 0 Å². The topological polar surface area (TPSA) is 65.7 Å². The summed E-state index contributed by atoms with van der Waals surface area (Å²) in [6, 6.07) is 3.46. The van der Waals surface area contributed by atoms with Crippen LogP contribution in [0, 0.1) is 5.92 Å². The molecule has 2 aromatic heterocycles. The number of ether oxygens (including phenoxy) is 2. The first-order valence-electron chi connectivity index (χ1n) is 6.78. The third kappa shape index (κ3) is 2.51. The van der Waals surface area contributed by atoms with Crippen LogP contribution in [0.15, 0.2) is 18.3 Å². The summed E-state index contributed by atoms with van der Waals surface area (Å²) >= 11 is 0. The van der Waals surface area contributed by atoms with Crippen molar-refractivity contribution in [2.45, 2.75) is 19.3 Å². The molecule has 1 fully saturated rings. The molecule has 1 saturated heterocycles. The minimum Gasteiger partial charge on any atom is -0.465 e. The molecule has 106 valence electrons. The lowest BCUT2D eigenvalue weighted by Gasteiger charge is -2.20. The van der Waals surface area contributed by atoms with Gasteiger partial charge in [0, 0.05) is 25.8 Å². The van der Waals surface area contributed by atoms with Gasteiger partial charge in [0.25, 0.3) is 0 Å². The molecule has 1 atom stereocenters. The Morgan fingerprint density at radius 2 is 2.50 bits per heavy atom. The van der Waals surface area contributed by atoms with Crippen molar-refractivity contribution in [3.05, 3.63) is 29.7 Å². The molecule has 1 aliphatic heterocycles. The minimum absolute atomic E-state index is 0.393. The van der Waals surface area contributed by atoms with Crippen LogP contribution in [0.5, 0.6) is 0 Å². The van der Waals surface area contributed by atoms with Crippen molar-refractivity contribution >= 4 is 11.6 Å². The van der Waals surface area contributed by atoms with Crippen LogP contribution in [-0.2, 0) is 15.9 Å². The first-order chi connectivity index (χ1) is 9.78. The van der Waals surface area contributed by atoms with E-state index in [1.165, 1.54) is 7.11 Å². The van der Waals surface area contributed by atoms with Gasteiger partial charge in [0.15, 0.2) is 11.5 Å². The van der Waals surface area contributed by atoms with Gasteiger partial charge in [0.2, 0.25) is 0 Å². The van der Waals surface area contributed by atoms with E-state index < -0.39 is 5.97 Å². The SMILES string of the molecule is COC(=O)c1cccn2nc(CC3CCCOC3)nc12. The number of carbonyl (C=O) groups excluding carboxylic acids is 1. The smallest absolute Gasteiger partial charge is 0.341 e. The van der Waals surface area contributed by atoms with Gasteiger partial charge in [0.1, 0.15) is 5.56 Å². The first kappa shape index (κ1) is 13.1. The largest absolute Gasteiger partial charge is 0.465 e. The predicted octanol–water partition coefficient (Wildman–Crippen LogP) is 1.48. The second kappa shape index (κ2) is 5.58. The van der Waals surface area contributed by atoms with Crippen molar-refractivity contribution in [2.24, 2.45) is 5.92 Å². The van der Waals surface area contributed by atoms with Crippen molar-refractivity contribution in [3.8, 4) is 0 Å². The summed E-state index contributed by atoms with van der Waals surface area (Å²) in [5.41, 5.74) is 0.986. The van der Waals surface area contributed by atoms with E-state index in [0.29, 0.717) is 17.1 Å². The number of hydrogen-bond donors (Lipinski definition) is 0. The lowest BCUT2D eigenvalue weighted by molar-refractivity contribution is 0.0543. The molecule has 6 nitrogen and oxygen atoms in total. The van der Waals surface area contributed by atoms with Gasteiger partial charge in [-0.25, -0.2) is 14.3 Å². The van der Waals surface area contributed by atoms with Crippen molar-refractivity contribution in [3.63, 3.8) is 0 Å². The Kier molecular flexibility index (Phi) is 3.64. The van der Waals surface area contributed by atoms with Gasteiger partial charge in [-0.1, -0.05) is 0 Å². The number of nitrogens with zero attached hydrogens (tertiary/aromatic N) is 3. The number of aromatic nitrogens is 3.